The number of hydrogen-bond acceptors (Lipinski definition) is 2. The third-order valence-corrected chi connectivity index (χ3v) is 4.56. The Balaban J connectivity index is 1.59. The van der Waals surface area contributed by atoms with Gasteiger partial charge in [0.05, 0.1) is 0 Å². The zero-order valence-electron chi connectivity index (χ0n) is 10.5. The predicted octanol–water partition coefficient (Wildman–Crippen LogP) is 3.77. The van der Waals surface area contributed by atoms with Crippen LogP contribution in [0.15, 0.2) is 11.4 Å². The summed E-state index contributed by atoms with van der Waals surface area (Å²) in [6.45, 7) is 5.83. The van der Waals surface area contributed by atoms with E-state index < -0.39 is 0 Å². The van der Waals surface area contributed by atoms with Crippen LogP contribution in [0, 0.1) is 12.8 Å². The van der Waals surface area contributed by atoms with Gasteiger partial charge >= 0.3 is 0 Å². The minimum atomic E-state index is 0.854. The van der Waals surface area contributed by atoms with Crippen LogP contribution in [0.25, 0.3) is 0 Å². The van der Waals surface area contributed by atoms with Gasteiger partial charge in [-0.15, -0.1) is 11.3 Å². The molecule has 0 amide bonds. The van der Waals surface area contributed by atoms with Gasteiger partial charge < -0.3 is 5.32 Å². The van der Waals surface area contributed by atoms with Crippen molar-refractivity contribution in [1.82, 2.24) is 5.32 Å². The van der Waals surface area contributed by atoms with Crippen LogP contribution in [0.3, 0.4) is 0 Å². The number of aryl methyl sites for hydroxylation is 2. The van der Waals surface area contributed by atoms with Crippen molar-refractivity contribution in [3.63, 3.8) is 0 Å². The van der Waals surface area contributed by atoms with Gasteiger partial charge in [0.15, 0.2) is 0 Å². The lowest BCUT2D eigenvalue weighted by molar-refractivity contribution is 0.470. The van der Waals surface area contributed by atoms with E-state index >= 15 is 0 Å². The van der Waals surface area contributed by atoms with Crippen molar-refractivity contribution in [2.75, 3.05) is 6.54 Å². The molecule has 1 heterocycles. The van der Waals surface area contributed by atoms with E-state index in [9.17, 15) is 0 Å². The summed E-state index contributed by atoms with van der Waals surface area (Å²) >= 11 is 1.91. The summed E-state index contributed by atoms with van der Waals surface area (Å²) < 4.78 is 0. The molecule has 1 aromatic rings. The minimum absolute atomic E-state index is 0.854. The summed E-state index contributed by atoms with van der Waals surface area (Å²) in [6, 6.07) is 3.10. The fourth-order valence-corrected chi connectivity index (χ4v) is 2.93. The summed E-state index contributed by atoms with van der Waals surface area (Å²) in [4.78, 5) is 1.59. The van der Waals surface area contributed by atoms with Crippen molar-refractivity contribution in [2.24, 2.45) is 5.92 Å². The Morgan fingerprint density at radius 2 is 2.25 bits per heavy atom. The lowest BCUT2D eigenvalue weighted by atomic mass is 10.0. The average Bonchev–Trinajstić information content (AvgIpc) is 2.99. The second-order valence-corrected chi connectivity index (χ2v) is 6.19. The normalized spacial score (nSPS) is 17.6. The Morgan fingerprint density at radius 1 is 1.44 bits per heavy atom. The van der Waals surface area contributed by atoms with Gasteiger partial charge in [-0.3, -0.25) is 0 Å². The van der Waals surface area contributed by atoms with Crippen molar-refractivity contribution >= 4 is 11.3 Å². The van der Waals surface area contributed by atoms with Gasteiger partial charge in [0.25, 0.3) is 0 Å². The number of hydrogen-bond donors (Lipinski definition) is 1. The highest BCUT2D eigenvalue weighted by Crippen LogP contribution is 2.21. The molecule has 0 radical (unpaired) electrons. The molecule has 1 atom stereocenters. The SMILES string of the molecule is Cc1ccsc1CCC(C)CCNC1CC1. The maximum absolute atomic E-state index is 3.59. The highest BCUT2D eigenvalue weighted by atomic mass is 32.1. The molecule has 0 aliphatic heterocycles. The number of thiophene rings is 1. The van der Waals surface area contributed by atoms with Crippen LogP contribution in [0.4, 0.5) is 0 Å². The maximum Gasteiger partial charge on any atom is 0.00745 e. The topological polar surface area (TPSA) is 12.0 Å². The highest BCUT2D eigenvalue weighted by Gasteiger charge is 2.19. The third kappa shape index (κ3) is 3.91. The quantitative estimate of drug-likeness (QED) is 0.761. The van der Waals surface area contributed by atoms with Crippen LogP contribution in [-0.2, 0) is 6.42 Å². The first-order chi connectivity index (χ1) is 7.75. The molecule has 90 valence electrons. The van der Waals surface area contributed by atoms with Gasteiger partial charge in [-0.05, 0) is 68.5 Å². The molecular formula is C14H23NS. The number of rotatable bonds is 7. The standard InChI is InChI=1S/C14H23NS/c1-11(7-9-15-13-4-5-13)3-6-14-12(2)8-10-16-14/h8,10-11,13,15H,3-7,9H2,1-2H3. The lowest BCUT2D eigenvalue weighted by Gasteiger charge is -2.11. The molecule has 16 heavy (non-hydrogen) atoms. The fourth-order valence-electron chi connectivity index (χ4n) is 2.00. The summed E-state index contributed by atoms with van der Waals surface area (Å²) in [5.74, 6) is 0.854. The van der Waals surface area contributed by atoms with E-state index in [4.69, 9.17) is 0 Å². The maximum atomic E-state index is 3.59. The molecule has 1 fully saturated rings. The molecule has 0 aromatic carbocycles. The summed E-state index contributed by atoms with van der Waals surface area (Å²) in [5, 5.41) is 5.81. The first kappa shape index (κ1) is 12.1. The monoisotopic (exact) mass is 237 g/mol. The second-order valence-electron chi connectivity index (χ2n) is 5.19. The smallest absolute Gasteiger partial charge is 0.00745 e. The lowest BCUT2D eigenvalue weighted by Crippen LogP contribution is -2.19. The average molecular weight is 237 g/mol. The first-order valence-corrected chi connectivity index (χ1v) is 7.40. The van der Waals surface area contributed by atoms with Crippen LogP contribution in [0.5, 0.6) is 0 Å². The second kappa shape index (κ2) is 5.83. The molecule has 1 aliphatic rings. The third-order valence-electron chi connectivity index (χ3n) is 3.48. The van der Waals surface area contributed by atoms with E-state index in [0.29, 0.717) is 0 Å². The van der Waals surface area contributed by atoms with E-state index in [2.05, 4.69) is 30.6 Å². The van der Waals surface area contributed by atoms with Crippen molar-refractivity contribution in [3.8, 4) is 0 Å². The molecule has 1 aromatic heterocycles. The molecule has 2 rings (SSSR count). The van der Waals surface area contributed by atoms with Crippen molar-refractivity contribution < 1.29 is 0 Å². The summed E-state index contributed by atoms with van der Waals surface area (Å²) in [5.41, 5.74) is 1.48. The van der Waals surface area contributed by atoms with E-state index in [1.807, 2.05) is 11.3 Å². The molecule has 0 saturated heterocycles. The van der Waals surface area contributed by atoms with Gasteiger partial charge in [0, 0.05) is 10.9 Å². The van der Waals surface area contributed by atoms with Gasteiger partial charge in [-0.25, -0.2) is 0 Å². The zero-order chi connectivity index (χ0) is 11.4. The van der Waals surface area contributed by atoms with Crippen LogP contribution < -0.4 is 5.32 Å². The predicted molar refractivity (Wildman–Crippen MR) is 72.2 cm³/mol. The van der Waals surface area contributed by atoms with Crippen molar-refractivity contribution in [2.45, 2.75) is 52.0 Å². The summed E-state index contributed by atoms with van der Waals surface area (Å²) in [6.07, 6.45) is 6.76. The largest absolute Gasteiger partial charge is 0.314 e. The zero-order valence-corrected chi connectivity index (χ0v) is 11.3. The van der Waals surface area contributed by atoms with Crippen LogP contribution in [0.2, 0.25) is 0 Å². The van der Waals surface area contributed by atoms with Gasteiger partial charge in [-0.2, -0.15) is 0 Å². The van der Waals surface area contributed by atoms with Gasteiger partial charge in [0.2, 0.25) is 0 Å². The Morgan fingerprint density at radius 3 is 2.88 bits per heavy atom. The molecule has 0 spiro atoms. The van der Waals surface area contributed by atoms with Crippen molar-refractivity contribution in [3.05, 3.63) is 21.9 Å². The Hall–Kier alpha value is -0.340. The van der Waals surface area contributed by atoms with Crippen LogP contribution in [-0.4, -0.2) is 12.6 Å². The number of nitrogens with one attached hydrogen (secondary N) is 1. The highest BCUT2D eigenvalue weighted by molar-refractivity contribution is 7.10. The Kier molecular flexibility index (Phi) is 4.42. The molecule has 0 bridgehead atoms. The molecule has 1 nitrogen and oxygen atoms in total. The van der Waals surface area contributed by atoms with E-state index in [1.54, 1.807) is 4.88 Å². The van der Waals surface area contributed by atoms with Gasteiger partial charge in [0.1, 0.15) is 0 Å². The van der Waals surface area contributed by atoms with Crippen LogP contribution in [0.1, 0.15) is 43.0 Å². The van der Waals surface area contributed by atoms with Crippen LogP contribution >= 0.6 is 11.3 Å². The molecule has 1 saturated carbocycles. The van der Waals surface area contributed by atoms with E-state index in [1.165, 1.54) is 44.2 Å². The van der Waals surface area contributed by atoms with Gasteiger partial charge in [-0.1, -0.05) is 6.92 Å². The molecular weight excluding hydrogens is 214 g/mol. The fraction of sp³-hybridized carbons (Fsp3) is 0.714. The Bertz CT molecular complexity index is 314. The molecule has 2 heteroatoms. The van der Waals surface area contributed by atoms with Crippen molar-refractivity contribution in [1.29, 1.82) is 0 Å². The summed E-state index contributed by atoms with van der Waals surface area (Å²) in [7, 11) is 0. The van der Waals surface area contributed by atoms with E-state index in [0.717, 1.165) is 12.0 Å². The first-order valence-electron chi connectivity index (χ1n) is 6.52. The Labute approximate surface area is 103 Å². The minimum Gasteiger partial charge on any atom is -0.314 e. The molecule has 1 aliphatic carbocycles. The molecule has 1 unspecified atom stereocenters. The van der Waals surface area contributed by atoms with E-state index in [-0.39, 0.29) is 0 Å². The molecule has 1 N–H and O–H groups in total.